The molecule has 0 aliphatic carbocycles. The summed E-state index contributed by atoms with van der Waals surface area (Å²) < 4.78 is 29.1. The molecule has 6 rings (SSSR count). The van der Waals surface area contributed by atoms with Crippen LogP contribution in [0.15, 0.2) is 54.6 Å². The summed E-state index contributed by atoms with van der Waals surface area (Å²) >= 11 is 0. The van der Waals surface area contributed by atoms with Crippen LogP contribution in [0.4, 0.5) is 0 Å². The molecule has 4 aliphatic heterocycles. The molecule has 2 bridgehead atoms. The van der Waals surface area contributed by atoms with Gasteiger partial charge in [0.05, 0.1) is 11.8 Å². The van der Waals surface area contributed by atoms with Crippen molar-refractivity contribution < 1.29 is 8.42 Å². The van der Waals surface area contributed by atoms with Crippen LogP contribution in [-0.4, -0.2) is 49.6 Å². The molecule has 28 heavy (non-hydrogen) atoms. The molecule has 2 aromatic rings. The fourth-order valence-electron chi connectivity index (χ4n) is 5.47. The molecule has 4 heterocycles. The summed E-state index contributed by atoms with van der Waals surface area (Å²) in [6.07, 6.45) is 3.11. The van der Waals surface area contributed by atoms with Gasteiger partial charge in [0.15, 0.2) is 0 Å². The fourth-order valence-corrected chi connectivity index (χ4v) is 7.50. The quantitative estimate of drug-likeness (QED) is 0.796. The molecule has 0 saturated carbocycles. The Labute approximate surface area is 168 Å². The standard InChI is InChI=1S/C23H28N2O2S/c26-28(27,17-21-16-24-13-10-18(21)11-14-24)25-15-12-19-6-4-5-9-22(19)23(25)20-7-2-1-3-8-20/h1-9,18,21,23H,10-17H2/t21-,23+/m1/s1. The predicted molar refractivity (Wildman–Crippen MR) is 112 cm³/mol. The van der Waals surface area contributed by atoms with Crippen LogP contribution in [0.5, 0.6) is 0 Å². The second-order valence-corrected chi connectivity index (χ2v) is 10.5. The van der Waals surface area contributed by atoms with Crippen LogP contribution in [0, 0.1) is 11.8 Å². The number of hydrogen-bond donors (Lipinski definition) is 0. The molecule has 3 fully saturated rings. The Morgan fingerprint density at radius 1 is 0.893 bits per heavy atom. The van der Waals surface area contributed by atoms with Crippen molar-refractivity contribution in [2.24, 2.45) is 11.8 Å². The minimum Gasteiger partial charge on any atom is -0.303 e. The van der Waals surface area contributed by atoms with E-state index in [0.29, 0.717) is 18.2 Å². The van der Waals surface area contributed by atoms with E-state index in [2.05, 4.69) is 35.2 Å². The van der Waals surface area contributed by atoms with Crippen LogP contribution in [-0.2, 0) is 16.4 Å². The molecule has 148 valence electrons. The molecule has 3 saturated heterocycles. The van der Waals surface area contributed by atoms with Gasteiger partial charge in [0.25, 0.3) is 0 Å². The molecule has 4 aliphatic rings. The Kier molecular flexibility index (Phi) is 4.77. The highest BCUT2D eigenvalue weighted by Gasteiger charge is 2.41. The van der Waals surface area contributed by atoms with Crippen LogP contribution in [0.3, 0.4) is 0 Å². The van der Waals surface area contributed by atoms with E-state index >= 15 is 0 Å². The number of benzene rings is 2. The van der Waals surface area contributed by atoms with Crippen molar-refractivity contribution in [3.63, 3.8) is 0 Å². The number of hydrogen-bond acceptors (Lipinski definition) is 3. The minimum absolute atomic E-state index is 0.211. The first-order valence-electron chi connectivity index (χ1n) is 10.5. The fraction of sp³-hybridized carbons (Fsp3) is 0.478. The lowest BCUT2D eigenvalue weighted by atomic mass is 9.80. The van der Waals surface area contributed by atoms with Gasteiger partial charge in [-0.25, -0.2) is 8.42 Å². The summed E-state index contributed by atoms with van der Waals surface area (Å²) in [6.45, 7) is 3.81. The first-order chi connectivity index (χ1) is 13.6. The van der Waals surface area contributed by atoms with Gasteiger partial charge >= 0.3 is 0 Å². The van der Waals surface area contributed by atoms with Crippen LogP contribution >= 0.6 is 0 Å². The second-order valence-electron chi connectivity index (χ2n) is 8.55. The highest BCUT2D eigenvalue weighted by molar-refractivity contribution is 7.89. The zero-order chi connectivity index (χ0) is 19.1. The van der Waals surface area contributed by atoms with Crippen LogP contribution < -0.4 is 0 Å². The van der Waals surface area contributed by atoms with E-state index in [9.17, 15) is 8.42 Å². The summed E-state index contributed by atoms with van der Waals surface area (Å²) in [6, 6.07) is 18.2. The number of sulfonamides is 1. The second kappa shape index (κ2) is 7.29. The van der Waals surface area contributed by atoms with E-state index in [0.717, 1.165) is 50.0 Å². The third-order valence-corrected chi connectivity index (χ3v) is 8.89. The van der Waals surface area contributed by atoms with Crippen LogP contribution in [0.1, 0.15) is 35.6 Å². The lowest BCUT2D eigenvalue weighted by Gasteiger charge is -2.45. The topological polar surface area (TPSA) is 40.6 Å². The molecule has 0 spiro atoms. The van der Waals surface area contributed by atoms with Crippen molar-refractivity contribution >= 4 is 10.0 Å². The highest BCUT2D eigenvalue weighted by Crippen LogP contribution is 2.39. The van der Waals surface area contributed by atoms with E-state index in [4.69, 9.17) is 0 Å². The maximum atomic E-state index is 13.6. The van der Waals surface area contributed by atoms with E-state index < -0.39 is 10.0 Å². The van der Waals surface area contributed by atoms with Crippen molar-refractivity contribution in [2.75, 3.05) is 31.9 Å². The third kappa shape index (κ3) is 3.30. The van der Waals surface area contributed by atoms with Crippen LogP contribution in [0.2, 0.25) is 0 Å². The molecular weight excluding hydrogens is 368 g/mol. The number of piperidine rings is 3. The van der Waals surface area contributed by atoms with Gasteiger partial charge in [0.1, 0.15) is 0 Å². The molecule has 0 amide bonds. The Hall–Kier alpha value is -1.69. The molecule has 0 unspecified atom stereocenters. The Balaban J connectivity index is 1.49. The van der Waals surface area contributed by atoms with Gasteiger partial charge in [-0.05, 0) is 60.9 Å². The summed E-state index contributed by atoms with van der Waals surface area (Å²) in [4.78, 5) is 2.44. The summed E-state index contributed by atoms with van der Waals surface area (Å²) in [5.41, 5.74) is 3.47. The molecule has 0 N–H and O–H groups in total. The van der Waals surface area contributed by atoms with Gasteiger partial charge in [-0.15, -0.1) is 0 Å². The monoisotopic (exact) mass is 396 g/mol. The van der Waals surface area contributed by atoms with Gasteiger partial charge in [-0.3, -0.25) is 0 Å². The first kappa shape index (κ1) is 18.3. The summed E-state index contributed by atoms with van der Waals surface area (Å²) in [5.74, 6) is 1.15. The van der Waals surface area contributed by atoms with Gasteiger partial charge < -0.3 is 4.90 Å². The molecule has 2 atom stereocenters. The average molecular weight is 397 g/mol. The Morgan fingerprint density at radius 2 is 1.61 bits per heavy atom. The number of rotatable bonds is 4. The van der Waals surface area contributed by atoms with E-state index in [1.54, 1.807) is 4.31 Å². The largest absolute Gasteiger partial charge is 0.303 e. The summed E-state index contributed by atoms with van der Waals surface area (Å²) in [5, 5.41) is 0. The van der Waals surface area contributed by atoms with Crippen molar-refractivity contribution in [2.45, 2.75) is 25.3 Å². The minimum atomic E-state index is -3.34. The molecule has 0 radical (unpaired) electrons. The van der Waals surface area contributed by atoms with Crippen molar-refractivity contribution in [1.82, 2.24) is 9.21 Å². The average Bonchev–Trinajstić information content (AvgIpc) is 2.74. The zero-order valence-electron chi connectivity index (χ0n) is 16.2. The Bertz CT molecular complexity index is 936. The Morgan fingerprint density at radius 3 is 2.32 bits per heavy atom. The summed E-state index contributed by atoms with van der Waals surface area (Å²) in [7, 11) is -3.34. The SMILES string of the molecule is O=S(=O)(C[C@H]1CN2CCC1CC2)N1CCc2ccccc2[C@@H]1c1ccccc1. The van der Waals surface area contributed by atoms with E-state index in [-0.39, 0.29) is 12.0 Å². The lowest BCUT2D eigenvalue weighted by molar-refractivity contribution is 0.0611. The number of fused-ring (bicyclic) bond motifs is 4. The van der Waals surface area contributed by atoms with Gasteiger partial charge in [-0.2, -0.15) is 4.31 Å². The first-order valence-corrected chi connectivity index (χ1v) is 12.1. The molecule has 2 aromatic carbocycles. The van der Waals surface area contributed by atoms with Gasteiger partial charge in [0, 0.05) is 13.1 Å². The predicted octanol–water partition coefficient (Wildman–Crippen LogP) is 3.31. The zero-order valence-corrected chi connectivity index (χ0v) is 17.0. The van der Waals surface area contributed by atoms with Crippen molar-refractivity contribution in [1.29, 1.82) is 0 Å². The van der Waals surface area contributed by atoms with Gasteiger partial charge in [-0.1, -0.05) is 54.6 Å². The van der Waals surface area contributed by atoms with Gasteiger partial charge in [0.2, 0.25) is 10.0 Å². The van der Waals surface area contributed by atoms with Crippen molar-refractivity contribution in [3.05, 3.63) is 71.3 Å². The molecule has 5 heteroatoms. The highest BCUT2D eigenvalue weighted by atomic mass is 32.2. The normalized spacial score (nSPS) is 30.1. The molecule has 0 aromatic heterocycles. The molecular formula is C23H28N2O2S. The molecule has 4 nitrogen and oxygen atoms in total. The maximum absolute atomic E-state index is 13.6. The van der Waals surface area contributed by atoms with Crippen molar-refractivity contribution in [3.8, 4) is 0 Å². The number of nitrogens with zero attached hydrogens (tertiary/aromatic N) is 2. The van der Waals surface area contributed by atoms with E-state index in [1.165, 1.54) is 5.56 Å². The third-order valence-electron chi connectivity index (χ3n) is 6.93. The van der Waals surface area contributed by atoms with Crippen LogP contribution in [0.25, 0.3) is 0 Å². The van der Waals surface area contributed by atoms with E-state index in [1.807, 2.05) is 24.3 Å². The maximum Gasteiger partial charge on any atom is 0.215 e. The smallest absolute Gasteiger partial charge is 0.215 e. The lowest BCUT2D eigenvalue weighted by Crippen LogP contribution is -2.51.